The summed E-state index contributed by atoms with van der Waals surface area (Å²) in [6.07, 6.45) is 8.58. The van der Waals surface area contributed by atoms with Gasteiger partial charge in [0, 0.05) is 62.5 Å². The van der Waals surface area contributed by atoms with Gasteiger partial charge in [-0.2, -0.15) is 0 Å². The van der Waals surface area contributed by atoms with E-state index in [1.807, 2.05) is 0 Å². The van der Waals surface area contributed by atoms with Crippen molar-refractivity contribution >= 4 is 91.5 Å². The SMILES string of the molecule is Cc1cc(C)c(N2c3cc4c5c(oc4cc3B3c4oc6c(c4N(c4ccc(C(C)(C)C)cc4)c4cc(N(c7ccccc7)c7ccccc7)cc2c43)C(C)(C)CCC6(C)C)CCC=C5)c(C)c1. The van der Waals surface area contributed by atoms with Crippen LogP contribution >= 0.6 is 0 Å². The van der Waals surface area contributed by atoms with Gasteiger partial charge in [-0.15, -0.1) is 0 Å². The molecule has 0 amide bonds. The van der Waals surface area contributed by atoms with E-state index in [1.165, 1.54) is 61.4 Å². The molecule has 2 aromatic heterocycles. The number of hydrogen-bond donors (Lipinski definition) is 0. The molecule has 0 unspecified atom stereocenters. The summed E-state index contributed by atoms with van der Waals surface area (Å²) in [4.78, 5) is 7.62. The molecule has 2 aliphatic heterocycles. The van der Waals surface area contributed by atoms with E-state index in [1.54, 1.807) is 0 Å². The molecule has 0 bridgehead atoms. The number of hydrogen-bond acceptors (Lipinski definition) is 5. The lowest BCUT2D eigenvalue weighted by atomic mass is 9.35. The second kappa shape index (κ2) is 14.7. The third-order valence-corrected chi connectivity index (χ3v) is 15.4. The molecule has 8 aromatic rings. The highest BCUT2D eigenvalue weighted by atomic mass is 16.3. The van der Waals surface area contributed by atoms with Crippen molar-refractivity contribution in [1.29, 1.82) is 0 Å². The van der Waals surface area contributed by atoms with Gasteiger partial charge in [0.1, 0.15) is 17.1 Å². The van der Waals surface area contributed by atoms with E-state index in [-0.39, 0.29) is 23.0 Å². The van der Waals surface area contributed by atoms with Gasteiger partial charge in [-0.25, -0.2) is 0 Å². The van der Waals surface area contributed by atoms with E-state index < -0.39 is 0 Å². The van der Waals surface area contributed by atoms with E-state index in [0.717, 1.165) is 88.0 Å². The first-order valence-corrected chi connectivity index (χ1v) is 24.4. The minimum Gasteiger partial charge on any atom is -0.472 e. The second-order valence-electron chi connectivity index (χ2n) is 22.1. The molecule has 0 atom stereocenters. The maximum absolute atomic E-state index is 7.72. The largest absolute Gasteiger partial charge is 0.472 e. The summed E-state index contributed by atoms with van der Waals surface area (Å²) in [5.74, 6) is 2.19. The van der Waals surface area contributed by atoms with E-state index in [4.69, 9.17) is 8.83 Å². The Morgan fingerprint density at radius 2 is 1.27 bits per heavy atom. The maximum Gasteiger partial charge on any atom is 0.297 e. The number of nitrogens with zero attached hydrogens (tertiary/aromatic N) is 3. The molecule has 0 fully saturated rings. The van der Waals surface area contributed by atoms with Crippen LogP contribution in [0.15, 0.2) is 136 Å². The molecule has 334 valence electrons. The number of para-hydroxylation sites is 2. The van der Waals surface area contributed by atoms with Crippen LogP contribution in [0.1, 0.15) is 113 Å². The highest BCUT2D eigenvalue weighted by molar-refractivity contribution is 6.99. The average molecular weight is 878 g/mol. The number of anilines is 9. The highest BCUT2D eigenvalue weighted by Crippen LogP contribution is 2.56. The van der Waals surface area contributed by atoms with Crippen molar-refractivity contribution in [2.45, 2.75) is 111 Å². The molecular weight excluding hydrogens is 818 g/mol. The van der Waals surface area contributed by atoms with Crippen molar-refractivity contribution in [2.24, 2.45) is 0 Å². The van der Waals surface area contributed by atoms with Crippen LogP contribution < -0.4 is 31.3 Å². The third kappa shape index (κ3) is 6.35. The number of aryl methyl sites for hydroxylation is 4. The number of furan rings is 2. The lowest BCUT2D eigenvalue weighted by Gasteiger charge is -2.45. The van der Waals surface area contributed by atoms with Crippen LogP contribution in [0.25, 0.3) is 17.0 Å². The normalized spacial score (nSPS) is 16.4. The van der Waals surface area contributed by atoms with Crippen LogP contribution in [-0.2, 0) is 22.7 Å². The van der Waals surface area contributed by atoms with Crippen molar-refractivity contribution in [2.75, 3.05) is 14.7 Å². The minimum absolute atomic E-state index is 0.00260. The molecule has 0 saturated carbocycles. The van der Waals surface area contributed by atoms with E-state index >= 15 is 0 Å². The lowest BCUT2D eigenvalue weighted by molar-refractivity contribution is 0.282. The molecule has 0 spiro atoms. The summed E-state index contributed by atoms with van der Waals surface area (Å²) < 4.78 is 14.6. The van der Waals surface area contributed by atoms with Crippen LogP contribution in [0.3, 0.4) is 0 Å². The summed E-state index contributed by atoms with van der Waals surface area (Å²) in [7, 11) is 0. The Kier molecular flexibility index (Phi) is 9.14. The summed E-state index contributed by atoms with van der Waals surface area (Å²) in [6, 6.07) is 45.5. The van der Waals surface area contributed by atoms with E-state index in [0.29, 0.717) is 0 Å². The van der Waals surface area contributed by atoms with Gasteiger partial charge in [0.15, 0.2) is 0 Å². The Balaban J connectivity index is 1.27. The van der Waals surface area contributed by atoms with Gasteiger partial charge in [-0.3, -0.25) is 0 Å². The smallest absolute Gasteiger partial charge is 0.297 e. The van der Waals surface area contributed by atoms with Crippen molar-refractivity contribution in [3.8, 4) is 0 Å². The lowest BCUT2D eigenvalue weighted by Crippen LogP contribution is -2.61. The number of benzene rings is 6. The zero-order valence-corrected chi connectivity index (χ0v) is 40.8. The Morgan fingerprint density at radius 3 is 1.91 bits per heavy atom. The molecular formula is C61H60BN3O2. The molecule has 6 heteroatoms. The van der Waals surface area contributed by atoms with Gasteiger partial charge in [0.2, 0.25) is 0 Å². The zero-order valence-electron chi connectivity index (χ0n) is 40.8. The summed E-state index contributed by atoms with van der Waals surface area (Å²) >= 11 is 0. The first-order valence-electron chi connectivity index (χ1n) is 24.4. The molecule has 0 saturated heterocycles. The molecule has 0 N–H and O–H groups in total. The van der Waals surface area contributed by atoms with Gasteiger partial charge in [-0.05, 0) is 139 Å². The summed E-state index contributed by atoms with van der Waals surface area (Å²) in [5.41, 5.74) is 22.0. The summed E-state index contributed by atoms with van der Waals surface area (Å²) in [5, 5.41) is 1.16. The number of fused-ring (bicyclic) bond motifs is 9. The Morgan fingerprint density at radius 1 is 0.642 bits per heavy atom. The van der Waals surface area contributed by atoms with Crippen LogP contribution in [0, 0.1) is 20.8 Å². The Bertz CT molecular complexity index is 3270. The predicted octanol–water partition coefficient (Wildman–Crippen LogP) is 15.1. The van der Waals surface area contributed by atoms with Crippen LogP contribution in [0.5, 0.6) is 0 Å². The molecule has 67 heavy (non-hydrogen) atoms. The van der Waals surface area contributed by atoms with Gasteiger partial charge in [0.05, 0.1) is 22.7 Å². The van der Waals surface area contributed by atoms with Gasteiger partial charge < -0.3 is 23.5 Å². The standard InChI is InChI=1S/C61H60BN3O2/c1-37-31-38(2)55(39(3)32-37)65-48-35-46-45-23-17-18-24-51(45)66-52(46)36-47(48)62-54-49(33-44(34-50(54)65)63(41-19-13-11-14-20-41)42-21-15-12-16-22-42)64(43-27-25-40(26-28-43)59(4,5)6)56-53-57(67-58(56)62)61(9,10)30-29-60(53,7)8/h11-17,19-23,25-28,31-36H,18,24,29-30H2,1-10H3. The topological polar surface area (TPSA) is 36.0 Å². The Hall–Kier alpha value is -6.66. The summed E-state index contributed by atoms with van der Waals surface area (Å²) in [6.45, 7) is 23.1. The van der Waals surface area contributed by atoms with E-state index in [2.05, 4.69) is 217 Å². The average Bonchev–Trinajstić information content (AvgIpc) is 3.89. The predicted molar refractivity (Wildman–Crippen MR) is 283 cm³/mol. The van der Waals surface area contributed by atoms with Crippen LogP contribution in [0.4, 0.5) is 51.2 Å². The van der Waals surface area contributed by atoms with Crippen molar-refractivity contribution in [3.63, 3.8) is 0 Å². The van der Waals surface area contributed by atoms with Crippen molar-refractivity contribution in [1.82, 2.24) is 0 Å². The fourth-order valence-electron chi connectivity index (χ4n) is 12.1. The van der Waals surface area contributed by atoms with Gasteiger partial charge in [0.25, 0.3) is 6.71 Å². The number of allylic oxidation sites excluding steroid dienone is 1. The quantitative estimate of drug-likeness (QED) is 0.161. The molecule has 12 rings (SSSR count). The molecule has 0 radical (unpaired) electrons. The fraction of sp³-hybridized carbons (Fsp3) is 0.279. The first kappa shape index (κ1) is 41.8. The molecule has 6 aromatic carbocycles. The fourth-order valence-corrected chi connectivity index (χ4v) is 12.1. The molecule has 5 nitrogen and oxygen atoms in total. The zero-order chi connectivity index (χ0) is 46.3. The van der Waals surface area contributed by atoms with Crippen LogP contribution in [0.2, 0.25) is 0 Å². The first-order chi connectivity index (χ1) is 32.1. The van der Waals surface area contributed by atoms with Gasteiger partial charge >= 0.3 is 0 Å². The minimum atomic E-state index is -0.211. The molecule has 4 aliphatic rings. The second-order valence-corrected chi connectivity index (χ2v) is 22.1. The van der Waals surface area contributed by atoms with Crippen molar-refractivity contribution in [3.05, 3.63) is 172 Å². The van der Waals surface area contributed by atoms with Crippen LogP contribution in [-0.4, -0.2) is 6.71 Å². The molecule has 4 heterocycles. The highest BCUT2D eigenvalue weighted by Gasteiger charge is 2.53. The van der Waals surface area contributed by atoms with E-state index in [9.17, 15) is 0 Å². The number of rotatable bonds is 5. The third-order valence-electron chi connectivity index (χ3n) is 15.4. The monoisotopic (exact) mass is 877 g/mol. The van der Waals surface area contributed by atoms with Gasteiger partial charge in [-0.1, -0.05) is 127 Å². The maximum atomic E-state index is 7.72. The molecule has 2 aliphatic carbocycles. The Labute approximate surface area is 396 Å². The van der Waals surface area contributed by atoms with Crippen molar-refractivity contribution < 1.29 is 8.83 Å².